The fourth-order valence-corrected chi connectivity index (χ4v) is 3.32. The lowest BCUT2D eigenvalue weighted by atomic mass is 9.89. The first-order valence-corrected chi connectivity index (χ1v) is 8.84. The van der Waals surface area contributed by atoms with E-state index < -0.39 is 11.4 Å². The first-order chi connectivity index (χ1) is 11.6. The van der Waals surface area contributed by atoms with Crippen LogP contribution in [-0.4, -0.2) is 21.9 Å². The van der Waals surface area contributed by atoms with Crippen molar-refractivity contribution in [3.8, 4) is 0 Å². The molecule has 5 nitrogen and oxygen atoms in total. The maximum Gasteiger partial charge on any atom is 0.254 e. The van der Waals surface area contributed by atoms with Crippen LogP contribution in [0.4, 0.5) is 0 Å². The van der Waals surface area contributed by atoms with Gasteiger partial charge in [-0.15, -0.1) is 0 Å². The van der Waals surface area contributed by atoms with Crippen molar-refractivity contribution >= 4 is 22.7 Å². The van der Waals surface area contributed by atoms with Gasteiger partial charge in [-0.05, 0) is 31.2 Å². The lowest BCUT2D eigenvalue weighted by Gasteiger charge is -2.29. The number of aromatic nitrogens is 1. The van der Waals surface area contributed by atoms with Crippen LogP contribution < -0.4 is 11.1 Å². The molecule has 2 amide bonds. The zero-order valence-corrected chi connectivity index (χ0v) is 15.8. The highest BCUT2D eigenvalue weighted by Crippen LogP contribution is 2.24. The highest BCUT2D eigenvalue weighted by Gasteiger charge is 2.34. The van der Waals surface area contributed by atoms with E-state index in [4.69, 9.17) is 5.73 Å². The van der Waals surface area contributed by atoms with Crippen LogP contribution in [-0.2, 0) is 11.3 Å². The van der Waals surface area contributed by atoms with Crippen molar-refractivity contribution in [1.29, 1.82) is 0 Å². The smallest absolute Gasteiger partial charge is 0.254 e. The number of hydrogen-bond donors (Lipinski definition) is 2. The van der Waals surface area contributed by atoms with Gasteiger partial charge in [-0.25, -0.2) is 0 Å². The summed E-state index contributed by atoms with van der Waals surface area (Å²) in [5.41, 5.74) is 6.10. The van der Waals surface area contributed by atoms with Gasteiger partial charge < -0.3 is 15.6 Å². The standard InChI is InChI=1S/C20H29N3O2/c1-13(2)10-20(5,19(21)25)22-18(24)16-12-23(11-14(3)4)17-9-7-6-8-15(16)17/h6-9,12-14H,10-11H2,1-5H3,(H2,21,25)(H,22,24). The van der Waals surface area contributed by atoms with Gasteiger partial charge in [0.2, 0.25) is 5.91 Å². The summed E-state index contributed by atoms with van der Waals surface area (Å²) in [5, 5.41) is 3.76. The molecule has 136 valence electrons. The molecule has 1 aromatic heterocycles. The Morgan fingerprint density at radius 2 is 1.80 bits per heavy atom. The van der Waals surface area contributed by atoms with Crippen molar-refractivity contribution in [3.63, 3.8) is 0 Å². The van der Waals surface area contributed by atoms with E-state index in [1.54, 1.807) is 6.92 Å². The Kier molecular flexibility index (Phi) is 5.55. The van der Waals surface area contributed by atoms with Crippen LogP contribution in [0.25, 0.3) is 10.9 Å². The Morgan fingerprint density at radius 3 is 2.36 bits per heavy atom. The van der Waals surface area contributed by atoms with Crippen LogP contribution >= 0.6 is 0 Å². The van der Waals surface area contributed by atoms with Crippen molar-refractivity contribution in [1.82, 2.24) is 9.88 Å². The second-order valence-electron chi connectivity index (χ2n) is 7.85. The second kappa shape index (κ2) is 7.30. The highest BCUT2D eigenvalue weighted by molar-refractivity contribution is 6.08. The van der Waals surface area contributed by atoms with Gasteiger partial charge in [0.1, 0.15) is 5.54 Å². The number of carbonyl (C=O) groups is 2. The van der Waals surface area contributed by atoms with Crippen molar-refractivity contribution in [3.05, 3.63) is 36.0 Å². The summed E-state index contributed by atoms with van der Waals surface area (Å²) < 4.78 is 2.10. The molecular formula is C20H29N3O2. The molecule has 1 atom stereocenters. The number of nitrogens with zero attached hydrogens (tertiary/aromatic N) is 1. The Labute approximate surface area is 149 Å². The first kappa shape index (κ1) is 19.0. The number of para-hydroxylation sites is 1. The maximum absolute atomic E-state index is 12.9. The topological polar surface area (TPSA) is 77.1 Å². The van der Waals surface area contributed by atoms with E-state index in [1.165, 1.54) is 0 Å². The minimum Gasteiger partial charge on any atom is -0.368 e. The minimum atomic E-state index is -1.06. The molecule has 0 aliphatic carbocycles. The Morgan fingerprint density at radius 1 is 1.16 bits per heavy atom. The lowest BCUT2D eigenvalue weighted by molar-refractivity contribution is -0.124. The predicted octanol–water partition coefficient (Wildman–Crippen LogP) is 3.32. The molecule has 2 aromatic rings. The van der Waals surface area contributed by atoms with E-state index in [9.17, 15) is 9.59 Å². The van der Waals surface area contributed by atoms with Crippen LogP contribution in [0.15, 0.2) is 30.5 Å². The van der Waals surface area contributed by atoms with E-state index in [-0.39, 0.29) is 11.8 Å². The van der Waals surface area contributed by atoms with Gasteiger partial charge in [-0.3, -0.25) is 9.59 Å². The third-order valence-electron chi connectivity index (χ3n) is 4.34. The number of nitrogens with one attached hydrogen (secondary N) is 1. The van der Waals surface area contributed by atoms with Crippen molar-refractivity contribution in [2.24, 2.45) is 17.6 Å². The van der Waals surface area contributed by atoms with E-state index in [0.29, 0.717) is 17.9 Å². The molecule has 0 spiro atoms. The van der Waals surface area contributed by atoms with Crippen LogP contribution in [0.2, 0.25) is 0 Å². The van der Waals surface area contributed by atoms with Gasteiger partial charge in [0.05, 0.1) is 5.56 Å². The third kappa shape index (κ3) is 4.21. The number of primary amides is 1. The first-order valence-electron chi connectivity index (χ1n) is 8.84. The summed E-state index contributed by atoms with van der Waals surface area (Å²) in [6.07, 6.45) is 2.37. The summed E-state index contributed by atoms with van der Waals surface area (Å²) in [6.45, 7) is 10.8. The Balaban J connectivity index is 2.40. The van der Waals surface area contributed by atoms with Crippen LogP contribution in [0, 0.1) is 11.8 Å². The van der Waals surface area contributed by atoms with Crippen LogP contribution in [0.1, 0.15) is 51.4 Å². The van der Waals surface area contributed by atoms with Crippen molar-refractivity contribution in [2.75, 3.05) is 0 Å². The minimum absolute atomic E-state index is 0.236. The molecule has 0 fully saturated rings. The Hall–Kier alpha value is -2.30. The molecule has 1 aromatic carbocycles. The molecule has 0 aliphatic rings. The molecule has 0 saturated heterocycles. The Bertz CT molecular complexity index is 776. The summed E-state index contributed by atoms with van der Waals surface area (Å²) in [7, 11) is 0. The zero-order chi connectivity index (χ0) is 18.8. The fraction of sp³-hybridized carbons (Fsp3) is 0.500. The summed E-state index contributed by atoms with van der Waals surface area (Å²) in [5.74, 6) is -0.0789. The molecule has 25 heavy (non-hydrogen) atoms. The number of amides is 2. The quantitative estimate of drug-likeness (QED) is 0.809. The van der Waals surface area contributed by atoms with Gasteiger partial charge >= 0.3 is 0 Å². The van der Waals surface area contributed by atoms with Crippen LogP contribution in [0.5, 0.6) is 0 Å². The number of hydrogen-bond acceptors (Lipinski definition) is 2. The summed E-state index contributed by atoms with van der Waals surface area (Å²) >= 11 is 0. The van der Waals surface area contributed by atoms with E-state index in [2.05, 4.69) is 23.7 Å². The van der Waals surface area contributed by atoms with E-state index in [0.717, 1.165) is 17.4 Å². The molecule has 1 heterocycles. The van der Waals surface area contributed by atoms with E-state index >= 15 is 0 Å². The van der Waals surface area contributed by atoms with Gasteiger partial charge in [0.15, 0.2) is 0 Å². The monoisotopic (exact) mass is 343 g/mol. The predicted molar refractivity (Wildman–Crippen MR) is 101 cm³/mol. The average molecular weight is 343 g/mol. The molecule has 0 bridgehead atoms. The lowest BCUT2D eigenvalue weighted by Crippen LogP contribution is -2.56. The molecule has 0 radical (unpaired) electrons. The number of carbonyl (C=O) groups excluding carboxylic acids is 2. The SMILES string of the molecule is CC(C)Cn1cc(C(=O)NC(C)(CC(C)C)C(N)=O)c2ccccc21. The van der Waals surface area contributed by atoms with Gasteiger partial charge in [-0.2, -0.15) is 0 Å². The average Bonchev–Trinajstić information content (AvgIpc) is 2.84. The van der Waals surface area contributed by atoms with Gasteiger partial charge in [-0.1, -0.05) is 45.9 Å². The zero-order valence-electron chi connectivity index (χ0n) is 15.8. The highest BCUT2D eigenvalue weighted by atomic mass is 16.2. The van der Waals surface area contributed by atoms with Crippen LogP contribution in [0.3, 0.4) is 0 Å². The fourth-order valence-electron chi connectivity index (χ4n) is 3.32. The third-order valence-corrected chi connectivity index (χ3v) is 4.34. The summed E-state index contributed by atoms with van der Waals surface area (Å²) in [6, 6.07) is 7.83. The molecular weight excluding hydrogens is 314 g/mol. The molecule has 0 aliphatic heterocycles. The number of rotatable bonds is 7. The van der Waals surface area contributed by atoms with Gasteiger partial charge in [0, 0.05) is 23.6 Å². The normalized spacial score (nSPS) is 14.0. The molecule has 0 saturated carbocycles. The van der Waals surface area contributed by atoms with Crippen molar-refractivity contribution in [2.45, 2.75) is 53.1 Å². The number of benzene rings is 1. The van der Waals surface area contributed by atoms with E-state index in [1.807, 2.05) is 44.3 Å². The maximum atomic E-state index is 12.9. The molecule has 1 unspecified atom stereocenters. The number of fused-ring (bicyclic) bond motifs is 1. The van der Waals surface area contributed by atoms with Crippen molar-refractivity contribution < 1.29 is 9.59 Å². The second-order valence-corrected chi connectivity index (χ2v) is 7.85. The molecule has 5 heteroatoms. The molecule has 3 N–H and O–H groups in total. The summed E-state index contributed by atoms with van der Waals surface area (Å²) in [4.78, 5) is 24.9. The molecule has 2 rings (SSSR count). The largest absolute Gasteiger partial charge is 0.368 e. The van der Waals surface area contributed by atoms with Gasteiger partial charge in [0.25, 0.3) is 5.91 Å². The number of nitrogens with two attached hydrogens (primary N) is 1.